The first kappa shape index (κ1) is 32.7. The molecule has 3 aromatic rings. The minimum Gasteiger partial charge on any atom is -0.465 e. The van der Waals surface area contributed by atoms with Gasteiger partial charge in [-0.25, -0.2) is 0 Å². The van der Waals surface area contributed by atoms with E-state index in [2.05, 4.69) is 44.1 Å². The third kappa shape index (κ3) is 6.82. The van der Waals surface area contributed by atoms with Crippen LogP contribution in [0.5, 0.6) is 0 Å². The van der Waals surface area contributed by atoms with Crippen molar-refractivity contribution in [3.63, 3.8) is 0 Å². The molecule has 0 saturated heterocycles. The summed E-state index contributed by atoms with van der Waals surface area (Å²) in [6.45, 7) is 20.7. The second kappa shape index (κ2) is 11.8. The van der Waals surface area contributed by atoms with E-state index in [9.17, 15) is 18.0 Å². The number of hydrogen-bond donors (Lipinski definition) is 0. The third-order valence-electron chi connectivity index (χ3n) is 8.31. The smallest absolute Gasteiger partial charge is 0.452 e. The number of ether oxygens (including phenoxy) is 1. The van der Waals surface area contributed by atoms with Crippen LogP contribution in [0.3, 0.4) is 0 Å². The molecule has 0 aliphatic carbocycles. The molecule has 0 aliphatic heterocycles. The lowest BCUT2D eigenvalue weighted by Crippen LogP contribution is -2.40. The molecule has 3 heterocycles. The molecule has 1 atom stereocenters. The van der Waals surface area contributed by atoms with E-state index < -0.39 is 37.6 Å². The molecule has 0 fully saturated rings. The average molecular weight is 593 g/mol. The van der Waals surface area contributed by atoms with Crippen LogP contribution in [0.2, 0.25) is 18.1 Å². The SMILES string of the molecule is CCCCOC(=O)C(C)(C)C(c1ccc(C)c(CO[Si](C)(C)C(C)(C)C)n1)c1ccn2c(C(F)(F)F)nnc2c1C. The highest BCUT2D eigenvalue weighted by Crippen LogP contribution is 2.44. The highest BCUT2D eigenvalue weighted by Gasteiger charge is 2.43. The molecule has 41 heavy (non-hydrogen) atoms. The monoisotopic (exact) mass is 592 g/mol. The van der Waals surface area contributed by atoms with Crippen LogP contribution in [0.4, 0.5) is 13.2 Å². The van der Waals surface area contributed by atoms with E-state index >= 15 is 0 Å². The number of fused-ring (bicyclic) bond motifs is 1. The summed E-state index contributed by atoms with van der Waals surface area (Å²) in [5.74, 6) is -2.15. The highest BCUT2D eigenvalue weighted by molar-refractivity contribution is 6.74. The van der Waals surface area contributed by atoms with Crippen LogP contribution in [0.1, 0.15) is 94.2 Å². The van der Waals surface area contributed by atoms with Gasteiger partial charge >= 0.3 is 12.1 Å². The lowest BCUT2D eigenvalue weighted by Gasteiger charge is -2.36. The van der Waals surface area contributed by atoms with Crippen molar-refractivity contribution in [2.24, 2.45) is 5.41 Å². The maximum atomic E-state index is 13.6. The van der Waals surface area contributed by atoms with Crippen molar-refractivity contribution in [2.45, 2.75) is 105 Å². The summed E-state index contributed by atoms with van der Waals surface area (Å²) < 4.78 is 53.7. The Morgan fingerprint density at radius 3 is 2.29 bits per heavy atom. The Morgan fingerprint density at radius 1 is 1.05 bits per heavy atom. The van der Waals surface area contributed by atoms with Crippen molar-refractivity contribution in [1.82, 2.24) is 19.6 Å². The summed E-state index contributed by atoms with van der Waals surface area (Å²) in [5, 5.41) is 7.29. The highest BCUT2D eigenvalue weighted by atomic mass is 28.4. The van der Waals surface area contributed by atoms with Crippen molar-refractivity contribution < 1.29 is 27.1 Å². The fourth-order valence-electron chi connectivity index (χ4n) is 4.49. The number of aryl methyl sites for hydroxylation is 2. The number of nitrogens with zero attached hydrogens (tertiary/aromatic N) is 4. The van der Waals surface area contributed by atoms with Crippen molar-refractivity contribution in [2.75, 3.05) is 6.61 Å². The Bertz CT molecular complexity index is 1390. The standard InChI is InChI=1S/C30H43F3N4O3Si/c1-11-12-17-39-27(38)29(7,8)24(21-15-16-37-25(20(21)3)35-36-26(37)30(31,32)33)22-14-13-19(2)23(34-22)18-40-41(9,10)28(4,5)6/h13-16,24H,11-12,17-18H2,1-10H3. The number of halogens is 3. The number of pyridine rings is 2. The molecule has 0 saturated carbocycles. The minimum absolute atomic E-state index is 0.0192. The normalized spacial score (nSPS) is 14.0. The number of hydrogen-bond acceptors (Lipinski definition) is 6. The van der Waals surface area contributed by atoms with E-state index in [1.165, 1.54) is 6.20 Å². The van der Waals surface area contributed by atoms with Gasteiger partial charge in [0.1, 0.15) is 0 Å². The summed E-state index contributed by atoms with van der Waals surface area (Å²) in [7, 11) is -2.07. The number of carbonyl (C=O) groups excluding carboxylic acids is 1. The predicted molar refractivity (Wildman–Crippen MR) is 155 cm³/mol. The van der Waals surface area contributed by atoms with Gasteiger partial charge in [0.05, 0.1) is 24.3 Å². The van der Waals surface area contributed by atoms with Gasteiger partial charge in [0.15, 0.2) is 14.0 Å². The van der Waals surface area contributed by atoms with E-state index in [4.69, 9.17) is 14.1 Å². The lowest BCUT2D eigenvalue weighted by molar-refractivity contribution is -0.155. The Labute approximate surface area is 242 Å². The molecular weight excluding hydrogens is 549 g/mol. The molecule has 0 amide bonds. The maximum absolute atomic E-state index is 13.6. The van der Waals surface area contributed by atoms with Gasteiger partial charge in [0, 0.05) is 17.8 Å². The first-order valence-corrected chi connectivity index (χ1v) is 16.9. The van der Waals surface area contributed by atoms with Gasteiger partial charge in [-0.3, -0.25) is 14.2 Å². The molecule has 7 nitrogen and oxygen atoms in total. The van der Waals surface area contributed by atoms with Gasteiger partial charge < -0.3 is 9.16 Å². The number of aromatic nitrogens is 4. The summed E-state index contributed by atoms with van der Waals surface area (Å²) >= 11 is 0. The fraction of sp³-hybridized carbons (Fsp3) is 0.600. The molecule has 3 rings (SSSR count). The quantitative estimate of drug-likeness (QED) is 0.136. The van der Waals surface area contributed by atoms with E-state index in [1.807, 2.05) is 26.0 Å². The second-order valence-corrected chi connectivity index (χ2v) is 17.6. The first-order chi connectivity index (χ1) is 18.8. The Kier molecular flexibility index (Phi) is 9.44. The van der Waals surface area contributed by atoms with Crippen molar-refractivity contribution in [3.05, 3.63) is 58.3 Å². The van der Waals surface area contributed by atoms with Gasteiger partial charge in [0.2, 0.25) is 5.82 Å². The van der Waals surface area contributed by atoms with Gasteiger partial charge in [0.25, 0.3) is 0 Å². The van der Waals surface area contributed by atoms with Gasteiger partial charge in [-0.15, -0.1) is 10.2 Å². The Morgan fingerprint density at radius 2 is 1.71 bits per heavy atom. The van der Waals surface area contributed by atoms with Gasteiger partial charge in [-0.1, -0.05) is 40.2 Å². The summed E-state index contributed by atoms with van der Waals surface area (Å²) in [4.78, 5) is 18.5. The third-order valence-corrected chi connectivity index (χ3v) is 12.8. The zero-order valence-electron chi connectivity index (χ0n) is 25.9. The number of unbranched alkanes of at least 4 members (excludes halogenated alkanes) is 1. The largest absolute Gasteiger partial charge is 0.465 e. The van der Waals surface area contributed by atoms with Crippen LogP contribution < -0.4 is 0 Å². The number of alkyl halides is 3. The molecule has 0 radical (unpaired) electrons. The van der Waals surface area contributed by atoms with Gasteiger partial charge in [-0.2, -0.15) is 13.2 Å². The average Bonchev–Trinajstić information content (AvgIpc) is 3.31. The van der Waals surface area contributed by atoms with E-state index in [1.54, 1.807) is 26.8 Å². The Hall–Kier alpha value is -2.79. The van der Waals surface area contributed by atoms with Crippen LogP contribution in [-0.4, -0.2) is 40.5 Å². The molecular formula is C30H43F3N4O3Si. The molecule has 0 spiro atoms. The zero-order chi connectivity index (χ0) is 31.0. The summed E-state index contributed by atoms with van der Waals surface area (Å²) in [6.07, 6.45) is -1.75. The van der Waals surface area contributed by atoms with Crippen molar-refractivity contribution in [1.29, 1.82) is 0 Å². The maximum Gasteiger partial charge on any atom is 0.452 e. The summed E-state index contributed by atoms with van der Waals surface area (Å²) in [6, 6.07) is 5.41. The topological polar surface area (TPSA) is 78.6 Å². The number of esters is 1. The van der Waals surface area contributed by atoms with Crippen LogP contribution >= 0.6 is 0 Å². The summed E-state index contributed by atoms with van der Waals surface area (Å²) in [5.41, 5.74) is 2.39. The fourth-order valence-corrected chi connectivity index (χ4v) is 5.42. The molecule has 0 bridgehead atoms. The van der Waals surface area contributed by atoms with E-state index in [0.717, 1.165) is 28.5 Å². The zero-order valence-corrected chi connectivity index (χ0v) is 26.9. The minimum atomic E-state index is -4.66. The van der Waals surface area contributed by atoms with Crippen molar-refractivity contribution in [3.8, 4) is 0 Å². The van der Waals surface area contributed by atoms with Crippen molar-refractivity contribution >= 4 is 19.9 Å². The van der Waals surface area contributed by atoms with Crippen LogP contribution in [0, 0.1) is 19.3 Å². The van der Waals surface area contributed by atoms with Crippen LogP contribution in [0.15, 0.2) is 24.4 Å². The molecule has 3 aromatic heterocycles. The molecule has 11 heteroatoms. The number of carbonyl (C=O) groups is 1. The molecule has 0 aromatic carbocycles. The van der Waals surface area contributed by atoms with E-state index in [-0.39, 0.29) is 17.3 Å². The van der Waals surface area contributed by atoms with E-state index in [0.29, 0.717) is 23.4 Å². The lowest BCUT2D eigenvalue weighted by atomic mass is 9.72. The van der Waals surface area contributed by atoms with Gasteiger partial charge in [-0.05, 0) is 81.1 Å². The second-order valence-electron chi connectivity index (χ2n) is 12.8. The van der Waals surface area contributed by atoms with Crippen LogP contribution in [0.25, 0.3) is 5.65 Å². The predicted octanol–water partition coefficient (Wildman–Crippen LogP) is 7.78. The first-order valence-electron chi connectivity index (χ1n) is 14.0. The molecule has 226 valence electrons. The molecule has 0 N–H and O–H groups in total. The van der Waals surface area contributed by atoms with Crippen LogP contribution in [-0.2, 0) is 26.7 Å². The molecule has 0 aliphatic rings. The molecule has 1 unspecified atom stereocenters. The number of rotatable bonds is 10. The Balaban J connectivity index is 2.17.